The lowest BCUT2D eigenvalue weighted by atomic mass is 10.2. The van der Waals surface area contributed by atoms with Crippen LogP contribution < -0.4 is 15.8 Å². The second-order valence-electron chi connectivity index (χ2n) is 6.76. The molecule has 9 nitrogen and oxygen atoms in total. The first-order valence-electron chi connectivity index (χ1n) is 9.53. The molecule has 0 amide bonds. The van der Waals surface area contributed by atoms with Gasteiger partial charge in [0.15, 0.2) is 11.0 Å². The highest BCUT2D eigenvalue weighted by Crippen LogP contribution is 2.27. The van der Waals surface area contributed by atoms with E-state index >= 15 is 0 Å². The van der Waals surface area contributed by atoms with Crippen LogP contribution in [0.15, 0.2) is 53.7 Å². The minimum atomic E-state index is 0.164. The van der Waals surface area contributed by atoms with Gasteiger partial charge >= 0.3 is 0 Å². The molecule has 2 aromatic carbocycles. The molecule has 0 fully saturated rings. The Bertz CT molecular complexity index is 1210. The van der Waals surface area contributed by atoms with Gasteiger partial charge in [-0.05, 0) is 30.7 Å². The van der Waals surface area contributed by atoms with E-state index in [-0.39, 0.29) is 5.95 Å². The van der Waals surface area contributed by atoms with Crippen LogP contribution in [0.2, 0.25) is 0 Å². The molecule has 0 atom stereocenters. The molecule has 4 rings (SSSR count). The van der Waals surface area contributed by atoms with Crippen LogP contribution in [0.5, 0.6) is 5.75 Å². The number of aromatic nitrogens is 6. The van der Waals surface area contributed by atoms with Crippen LogP contribution in [0.3, 0.4) is 0 Å². The lowest BCUT2D eigenvalue weighted by Crippen LogP contribution is -2.07. The minimum Gasteiger partial charge on any atom is -0.497 e. The smallest absolute Gasteiger partial charge is 0.232 e. The summed E-state index contributed by atoms with van der Waals surface area (Å²) in [6.07, 6.45) is 0. The number of aryl methyl sites for hydroxylation is 1. The van der Waals surface area contributed by atoms with Gasteiger partial charge in [0.25, 0.3) is 0 Å². The van der Waals surface area contributed by atoms with Crippen molar-refractivity contribution in [3.63, 3.8) is 0 Å². The number of hydrogen-bond donors (Lipinski definition) is 2. The Morgan fingerprint density at radius 3 is 2.71 bits per heavy atom. The number of rotatable bonds is 7. The van der Waals surface area contributed by atoms with Gasteiger partial charge in [0.05, 0.1) is 12.9 Å². The number of para-hydroxylation sites is 1. The molecule has 2 heterocycles. The van der Waals surface area contributed by atoms with Crippen molar-refractivity contribution in [3.8, 4) is 17.1 Å². The number of nitrogens with one attached hydrogen (secondary N) is 1. The van der Waals surface area contributed by atoms with E-state index in [0.717, 1.165) is 33.5 Å². The van der Waals surface area contributed by atoms with Crippen LogP contribution in [-0.2, 0) is 12.8 Å². The molecule has 0 aliphatic rings. The fourth-order valence-electron chi connectivity index (χ4n) is 2.98. The Kier molecular flexibility index (Phi) is 5.99. The number of ether oxygens (including phenoxy) is 1. The standard InChI is InChI=1S/C21H22N8OS/c1-13-7-4-5-10-16(13)23-20-25-17(24-19(22)26-20)12-31-21-28-27-18(29(21)2)14-8-6-9-15(11-14)30-3/h4-11H,12H2,1-3H3,(H3,22,23,24,25,26). The molecule has 4 aromatic rings. The molecule has 0 bridgehead atoms. The average molecular weight is 435 g/mol. The first-order valence-corrected chi connectivity index (χ1v) is 10.5. The topological polar surface area (TPSA) is 117 Å². The van der Waals surface area contributed by atoms with Crippen molar-refractivity contribution in [2.24, 2.45) is 7.05 Å². The highest BCUT2D eigenvalue weighted by Gasteiger charge is 2.14. The maximum Gasteiger partial charge on any atom is 0.232 e. The van der Waals surface area contributed by atoms with Gasteiger partial charge in [0.2, 0.25) is 11.9 Å². The molecule has 31 heavy (non-hydrogen) atoms. The summed E-state index contributed by atoms with van der Waals surface area (Å²) >= 11 is 1.47. The van der Waals surface area contributed by atoms with Gasteiger partial charge in [0, 0.05) is 18.3 Å². The summed E-state index contributed by atoms with van der Waals surface area (Å²) in [6, 6.07) is 15.6. The number of thioether (sulfide) groups is 1. The number of anilines is 3. The van der Waals surface area contributed by atoms with Gasteiger partial charge in [-0.15, -0.1) is 10.2 Å². The quantitative estimate of drug-likeness (QED) is 0.421. The molecule has 0 saturated heterocycles. The number of hydrogen-bond acceptors (Lipinski definition) is 9. The fraction of sp³-hybridized carbons (Fsp3) is 0.190. The largest absolute Gasteiger partial charge is 0.497 e. The fourth-order valence-corrected chi connectivity index (χ4v) is 3.74. The minimum absolute atomic E-state index is 0.164. The van der Waals surface area contributed by atoms with Crippen molar-refractivity contribution in [1.29, 1.82) is 0 Å². The maximum absolute atomic E-state index is 5.90. The highest BCUT2D eigenvalue weighted by molar-refractivity contribution is 7.98. The lowest BCUT2D eigenvalue weighted by molar-refractivity contribution is 0.415. The number of benzene rings is 2. The maximum atomic E-state index is 5.90. The van der Waals surface area contributed by atoms with Gasteiger partial charge in [-0.2, -0.15) is 15.0 Å². The van der Waals surface area contributed by atoms with E-state index < -0.39 is 0 Å². The van der Waals surface area contributed by atoms with Crippen LogP contribution in [0, 0.1) is 6.92 Å². The number of nitrogens with zero attached hydrogens (tertiary/aromatic N) is 6. The van der Waals surface area contributed by atoms with Crippen molar-refractivity contribution in [1.82, 2.24) is 29.7 Å². The van der Waals surface area contributed by atoms with E-state index in [1.807, 2.05) is 67.1 Å². The SMILES string of the molecule is COc1cccc(-c2nnc(SCc3nc(N)nc(Nc4ccccc4C)n3)n2C)c1. The second-order valence-corrected chi connectivity index (χ2v) is 7.70. The molecule has 158 valence electrons. The third kappa shape index (κ3) is 4.75. The molecule has 0 unspecified atom stereocenters. The Labute approximate surface area is 184 Å². The Morgan fingerprint density at radius 1 is 1.06 bits per heavy atom. The normalized spacial score (nSPS) is 10.8. The molecule has 0 radical (unpaired) electrons. The summed E-state index contributed by atoms with van der Waals surface area (Å²) in [6.45, 7) is 2.01. The Hall–Kier alpha value is -3.66. The summed E-state index contributed by atoms with van der Waals surface area (Å²) in [5.41, 5.74) is 8.83. The Balaban J connectivity index is 1.50. The molecule has 2 aromatic heterocycles. The molecular formula is C21H22N8OS. The van der Waals surface area contributed by atoms with Crippen LogP contribution in [0.25, 0.3) is 11.4 Å². The molecule has 0 spiro atoms. The van der Waals surface area contributed by atoms with E-state index in [0.29, 0.717) is 17.5 Å². The molecule has 0 saturated carbocycles. The van der Waals surface area contributed by atoms with E-state index in [4.69, 9.17) is 10.5 Å². The highest BCUT2D eigenvalue weighted by atomic mass is 32.2. The van der Waals surface area contributed by atoms with Gasteiger partial charge < -0.3 is 20.4 Å². The summed E-state index contributed by atoms with van der Waals surface area (Å²) in [5, 5.41) is 12.6. The Morgan fingerprint density at radius 2 is 1.90 bits per heavy atom. The van der Waals surface area contributed by atoms with Crippen molar-refractivity contribution in [3.05, 3.63) is 59.9 Å². The third-order valence-electron chi connectivity index (χ3n) is 4.58. The molecule has 3 N–H and O–H groups in total. The first kappa shape index (κ1) is 20.6. The van der Waals surface area contributed by atoms with Crippen LogP contribution in [0.1, 0.15) is 11.4 Å². The van der Waals surface area contributed by atoms with Crippen molar-refractivity contribution in [2.75, 3.05) is 18.2 Å². The van der Waals surface area contributed by atoms with E-state index in [1.165, 1.54) is 11.8 Å². The van der Waals surface area contributed by atoms with Crippen LogP contribution in [-0.4, -0.2) is 36.8 Å². The van der Waals surface area contributed by atoms with Crippen LogP contribution >= 0.6 is 11.8 Å². The summed E-state index contributed by atoms with van der Waals surface area (Å²) in [7, 11) is 3.56. The van der Waals surface area contributed by atoms with Gasteiger partial charge in [-0.25, -0.2) is 0 Å². The molecular weight excluding hydrogens is 412 g/mol. The van der Waals surface area contributed by atoms with E-state index in [2.05, 4.69) is 30.5 Å². The van der Waals surface area contributed by atoms with Crippen molar-refractivity contribution < 1.29 is 4.74 Å². The zero-order chi connectivity index (χ0) is 21.8. The first-order chi connectivity index (χ1) is 15.0. The average Bonchev–Trinajstić information content (AvgIpc) is 3.14. The van der Waals surface area contributed by atoms with E-state index in [1.54, 1.807) is 7.11 Å². The van der Waals surface area contributed by atoms with Crippen molar-refractivity contribution >= 4 is 29.3 Å². The third-order valence-corrected chi connectivity index (χ3v) is 5.60. The van der Waals surface area contributed by atoms with Gasteiger partial charge in [-0.3, -0.25) is 0 Å². The monoisotopic (exact) mass is 434 g/mol. The molecule has 0 aliphatic carbocycles. The lowest BCUT2D eigenvalue weighted by Gasteiger charge is -2.09. The number of nitrogens with two attached hydrogens (primary N) is 1. The zero-order valence-electron chi connectivity index (χ0n) is 17.4. The van der Waals surface area contributed by atoms with Gasteiger partial charge in [0.1, 0.15) is 11.6 Å². The molecule has 10 heteroatoms. The number of methoxy groups -OCH3 is 1. The van der Waals surface area contributed by atoms with Crippen molar-refractivity contribution in [2.45, 2.75) is 17.8 Å². The predicted molar refractivity (Wildman–Crippen MR) is 121 cm³/mol. The zero-order valence-corrected chi connectivity index (χ0v) is 18.2. The number of nitrogen functional groups attached to an aromatic ring is 1. The second kappa shape index (κ2) is 9.00. The predicted octanol–water partition coefficient (Wildman–Crippen LogP) is 3.60. The summed E-state index contributed by atoms with van der Waals surface area (Å²) in [4.78, 5) is 12.9. The van der Waals surface area contributed by atoms with Gasteiger partial charge in [-0.1, -0.05) is 42.1 Å². The summed E-state index contributed by atoms with van der Waals surface area (Å²) < 4.78 is 7.22. The molecule has 0 aliphatic heterocycles. The van der Waals surface area contributed by atoms with Crippen LogP contribution in [0.4, 0.5) is 17.6 Å². The summed E-state index contributed by atoms with van der Waals surface area (Å²) in [5.74, 6) is 3.12. The van der Waals surface area contributed by atoms with E-state index in [9.17, 15) is 0 Å².